The summed E-state index contributed by atoms with van der Waals surface area (Å²) in [6.07, 6.45) is 1.46. The van der Waals surface area contributed by atoms with Gasteiger partial charge in [-0.2, -0.15) is 5.26 Å². The Morgan fingerprint density at radius 1 is 1.04 bits per heavy atom. The predicted molar refractivity (Wildman–Crippen MR) is 103 cm³/mol. The Hall–Kier alpha value is -3.63. The zero-order chi connectivity index (χ0) is 20.4. The first-order chi connectivity index (χ1) is 13.6. The molecule has 0 aliphatic heterocycles. The predicted octanol–water partition coefficient (Wildman–Crippen LogP) is 2.58. The van der Waals surface area contributed by atoms with Gasteiger partial charge in [0, 0.05) is 13.7 Å². The number of rotatable bonds is 8. The monoisotopic (exact) mass is 380 g/mol. The number of nitrogens with one attached hydrogen (secondary N) is 1. The molecule has 0 fully saturated rings. The summed E-state index contributed by atoms with van der Waals surface area (Å²) >= 11 is 0. The normalized spacial score (nSPS) is 10.7. The third-order valence-electron chi connectivity index (χ3n) is 3.68. The zero-order valence-corrected chi connectivity index (χ0v) is 15.6. The minimum absolute atomic E-state index is 0.0286. The highest BCUT2D eigenvalue weighted by atomic mass is 16.5. The Bertz CT molecular complexity index is 881. The van der Waals surface area contributed by atoms with Gasteiger partial charge >= 0.3 is 5.97 Å². The van der Waals surface area contributed by atoms with Crippen LogP contribution in [0.15, 0.2) is 54.1 Å². The number of nitrogens with zero attached hydrogens (tertiary/aromatic N) is 1. The first kappa shape index (κ1) is 20.7. The summed E-state index contributed by atoms with van der Waals surface area (Å²) < 4.78 is 15.2. The molecule has 1 amide bonds. The molecule has 0 unspecified atom stereocenters. The number of esters is 1. The van der Waals surface area contributed by atoms with Crippen molar-refractivity contribution >= 4 is 18.0 Å². The van der Waals surface area contributed by atoms with Crippen LogP contribution in [-0.2, 0) is 9.53 Å². The summed E-state index contributed by atoms with van der Waals surface area (Å²) in [7, 11) is 3.07. The highest BCUT2D eigenvalue weighted by molar-refractivity contribution is 6.01. The van der Waals surface area contributed by atoms with Gasteiger partial charge in [0.15, 0.2) is 0 Å². The molecule has 0 bridgehead atoms. The molecule has 2 aromatic rings. The number of carbonyl (C=O) groups excluding carboxylic acids is 2. The average molecular weight is 380 g/mol. The number of methoxy groups -OCH3 is 2. The molecule has 144 valence electrons. The summed E-state index contributed by atoms with van der Waals surface area (Å²) in [5.74, 6) is 0.0176. The number of hydrogen-bond donors (Lipinski definition) is 1. The molecule has 0 atom stereocenters. The Morgan fingerprint density at radius 2 is 1.68 bits per heavy atom. The lowest BCUT2D eigenvalue weighted by Crippen LogP contribution is -2.27. The van der Waals surface area contributed by atoms with Crippen LogP contribution in [0, 0.1) is 11.3 Å². The Labute approximate surface area is 163 Å². The summed E-state index contributed by atoms with van der Waals surface area (Å²) in [5.41, 5.74) is 0.992. The second-order valence-electron chi connectivity index (χ2n) is 5.61. The van der Waals surface area contributed by atoms with Crippen molar-refractivity contribution in [2.45, 2.75) is 0 Å². The van der Waals surface area contributed by atoms with Gasteiger partial charge < -0.3 is 19.5 Å². The van der Waals surface area contributed by atoms with Crippen LogP contribution in [0.5, 0.6) is 11.5 Å². The van der Waals surface area contributed by atoms with E-state index in [0.29, 0.717) is 35.8 Å². The number of carbonyl (C=O) groups is 2. The van der Waals surface area contributed by atoms with Crippen LogP contribution >= 0.6 is 0 Å². The van der Waals surface area contributed by atoms with E-state index in [1.165, 1.54) is 13.2 Å². The maximum atomic E-state index is 12.2. The smallest absolute Gasteiger partial charge is 0.343 e. The van der Waals surface area contributed by atoms with Crippen molar-refractivity contribution in [3.63, 3.8) is 0 Å². The van der Waals surface area contributed by atoms with Gasteiger partial charge in [0.25, 0.3) is 5.91 Å². The van der Waals surface area contributed by atoms with Crippen LogP contribution in [0.4, 0.5) is 0 Å². The van der Waals surface area contributed by atoms with E-state index in [-0.39, 0.29) is 5.57 Å². The molecule has 7 heteroatoms. The maximum Gasteiger partial charge on any atom is 0.343 e. The quantitative estimate of drug-likeness (QED) is 0.249. The van der Waals surface area contributed by atoms with Crippen LogP contribution < -0.4 is 14.8 Å². The van der Waals surface area contributed by atoms with Gasteiger partial charge in [-0.15, -0.1) is 0 Å². The largest absolute Gasteiger partial charge is 0.497 e. The fourth-order valence-electron chi connectivity index (χ4n) is 2.20. The van der Waals surface area contributed by atoms with E-state index >= 15 is 0 Å². The summed E-state index contributed by atoms with van der Waals surface area (Å²) in [6.45, 7) is 0.674. The molecule has 1 N–H and O–H groups in total. The van der Waals surface area contributed by atoms with Gasteiger partial charge in [-0.3, -0.25) is 4.79 Å². The lowest BCUT2D eigenvalue weighted by molar-refractivity contribution is -0.117. The molecule has 0 saturated heterocycles. The van der Waals surface area contributed by atoms with Gasteiger partial charge in [-0.25, -0.2) is 4.79 Å². The van der Waals surface area contributed by atoms with Crippen molar-refractivity contribution < 1.29 is 23.8 Å². The van der Waals surface area contributed by atoms with E-state index in [1.54, 1.807) is 55.6 Å². The number of amides is 1. The van der Waals surface area contributed by atoms with Crippen LogP contribution in [0.1, 0.15) is 15.9 Å². The summed E-state index contributed by atoms with van der Waals surface area (Å²) in [6, 6.07) is 14.9. The van der Waals surface area contributed by atoms with E-state index in [4.69, 9.17) is 19.5 Å². The van der Waals surface area contributed by atoms with E-state index in [2.05, 4.69) is 5.32 Å². The second-order valence-corrected chi connectivity index (χ2v) is 5.61. The minimum Gasteiger partial charge on any atom is -0.497 e. The number of hydrogen-bond acceptors (Lipinski definition) is 6. The molecule has 0 aliphatic rings. The SMILES string of the molecule is COCCNC(=O)/C(C#N)=C/c1ccc(OC(=O)c2ccc(OC)cc2)cc1. The van der Waals surface area contributed by atoms with Crippen molar-refractivity contribution in [3.8, 4) is 17.6 Å². The fraction of sp³-hybridized carbons (Fsp3) is 0.190. The molecule has 2 aromatic carbocycles. The van der Waals surface area contributed by atoms with E-state index in [9.17, 15) is 9.59 Å². The van der Waals surface area contributed by atoms with Crippen LogP contribution in [0.2, 0.25) is 0 Å². The lowest BCUT2D eigenvalue weighted by Gasteiger charge is -2.06. The van der Waals surface area contributed by atoms with Crippen molar-refractivity contribution in [1.82, 2.24) is 5.32 Å². The fourth-order valence-corrected chi connectivity index (χ4v) is 2.20. The average Bonchev–Trinajstić information content (AvgIpc) is 2.73. The number of benzene rings is 2. The van der Waals surface area contributed by atoms with E-state index in [0.717, 1.165) is 0 Å². The minimum atomic E-state index is -0.499. The standard InChI is InChI=1S/C21H20N2O5/c1-26-12-11-23-20(24)17(14-22)13-15-3-7-19(8-4-15)28-21(25)16-5-9-18(27-2)10-6-16/h3-10,13H,11-12H2,1-2H3,(H,23,24)/b17-13+. The lowest BCUT2D eigenvalue weighted by atomic mass is 10.1. The third kappa shape index (κ3) is 5.97. The molecule has 0 aromatic heterocycles. The van der Waals surface area contributed by atoms with Crippen LogP contribution in [-0.4, -0.2) is 39.2 Å². The Morgan fingerprint density at radius 3 is 2.25 bits per heavy atom. The molecular formula is C21H20N2O5. The molecule has 7 nitrogen and oxygen atoms in total. The highest BCUT2D eigenvalue weighted by Crippen LogP contribution is 2.17. The number of nitriles is 1. The molecule has 0 aliphatic carbocycles. The van der Waals surface area contributed by atoms with Crippen LogP contribution in [0.25, 0.3) is 6.08 Å². The molecule has 0 spiro atoms. The van der Waals surface area contributed by atoms with Gasteiger partial charge in [-0.05, 0) is 48.0 Å². The van der Waals surface area contributed by atoms with Crippen molar-refractivity contribution in [1.29, 1.82) is 5.26 Å². The molecule has 28 heavy (non-hydrogen) atoms. The zero-order valence-electron chi connectivity index (χ0n) is 15.6. The van der Waals surface area contributed by atoms with Gasteiger partial charge in [-0.1, -0.05) is 12.1 Å². The van der Waals surface area contributed by atoms with Crippen LogP contribution in [0.3, 0.4) is 0 Å². The van der Waals surface area contributed by atoms with Gasteiger partial charge in [0.2, 0.25) is 0 Å². The highest BCUT2D eigenvalue weighted by Gasteiger charge is 2.10. The summed E-state index contributed by atoms with van der Waals surface area (Å²) in [5, 5.41) is 11.7. The molecule has 0 radical (unpaired) electrons. The molecule has 2 rings (SSSR count). The molecule has 0 heterocycles. The third-order valence-corrected chi connectivity index (χ3v) is 3.68. The first-order valence-corrected chi connectivity index (χ1v) is 8.42. The van der Waals surface area contributed by atoms with Gasteiger partial charge in [0.1, 0.15) is 23.1 Å². The van der Waals surface area contributed by atoms with E-state index < -0.39 is 11.9 Å². The van der Waals surface area contributed by atoms with Gasteiger partial charge in [0.05, 0.1) is 19.3 Å². The van der Waals surface area contributed by atoms with Crippen molar-refractivity contribution in [3.05, 3.63) is 65.2 Å². The Kier molecular flexibility index (Phi) is 7.76. The van der Waals surface area contributed by atoms with Crippen molar-refractivity contribution in [2.75, 3.05) is 27.4 Å². The Balaban J connectivity index is 2.02. The molecule has 0 saturated carbocycles. The van der Waals surface area contributed by atoms with Crippen molar-refractivity contribution in [2.24, 2.45) is 0 Å². The summed E-state index contributed by atoms with van der Waals surface area (Å²) in [4.78, 5) is 24.1. The number of ether oxygens (including phenoxy) is 3. The molecular weight excluding hydrogens is 360 g/mol. The topological polar surface area (TPSA) is 97.6 Å². The second kappa shape index (κ2) is 10.5. The maximum absolute atomic E-state index is 12.2. The first-order valence-electron chi connectivity index (χ1n) is 8.42. The van der Waals surface area contributed by atoms with E-state index in [1.807, 2.05) is 6.07 Å².